The molecule has 0 saturated carbocycles. The Morgan fingerprint density at radius 2 is 1.97 bits per heavy atom. The first-order valence-corrected chi connectivity index (χ1v) is 12.8. The molecule has 31 heavy (non-hydrogen) atoms. The van der Waals surface area contributed by atoms with Crippen LogP contribution < -0.4 is 0 Å². The van der Waals surface area contributed by atoms with Crippen molar-refractivity contribution in [1.82, 2.24) is 4.57 Å². The van der Waals surface area contributed by atoms with Crippen LogP contribution in [0, 0.1) is 5.82 Å². The van der Waals surface area contributed by atoms with Gasteiger partial charge in [-0.05, 0) is 61.6 Å². The maximum Gasteiger partial charge on any atom is 0.304 e. The molecule has 0 amide bonds. The van der Waals surface area contributed by atoms with E-state index in [1.165, 1.54) is 6.07 Å². The van der Waals surface area contributed by atoms with Gasteiger partial charge in [0.15, 0.2) is 9.84 Å². The van der Waals surface area contributed by atoms with E-state index < -0.39 is 21.6 Å². The first-order chi connectivity index (χ1) is 14.6. The molecule has 0 aliphatic heterocycles. The van der Waals surface area contributed by atoms with Crippen LogP contribution in [-0.4, -0.2) is 30.3 Å². The number of carboxylic acids is 1. The number of halogens is 2. The van der Waals surface area contributed by atoms with Gasteiger partial charge in [0.25, 0.3) is 0 Å². The molecule has 5 nitrogen and oxygen atoms in total. The average Bonchev–Trinajstić information content (AvgIpc) is 3.01. The van der Waals surface area contributed by atoms with E-state index >= 15 is 0 Å². The van der Waals surface area contributed by atoms with E-state index in [0.717, 1.165) is 40.0 Å². The molecule has 0 bridgehead atoms. The minimum absolute atomic E-state index is 0.0485. The van der Waals surface area contributed by atoms with Crippen molar-refractivity contribution in [2.24, 2.45) is 0 Å². The number of benzene rings is 2. The van der Waals surface area contributed by atoms with Gasteiger partial charge in [0.1, 0.15) is 5.82 Å². The van der Waals surface area contributed by atoms with Crippen LogP contribution in [0.1, 0.15) is 55.0 Å². The van der Waals surface area contributed by atoms with E-state index in [1.54, 1.807) is 0 Å². The molecule has 1 heterocycles. The number of sulfone groups is 1. The van der Waals surface area contributed by atoms with E-state index in [4.69, 9.17) is 0 Å². The molecule has 0 fully saturated rings. The van der Waals surface area contributed by atoms with Crippen LogP contribution in [-0.2, 0) is 21.1 Å². The van der Waals surface area contributed by atoms with E-state index in [2.05, 4.69) is 15.9 Å². The zero-order valence-corrected chi connectivity index (χ0v) is 19.6. The predicted octanol–water partition coefficient (Wildman–Crippen LogP) is 5.45. The number of hydrogen-bond donors (Lipinski definition) is 1. The summed E-state index contributed by atoms with van der Waals surface area (Å²) >= 11 is 3.43. The van der Waals surface area contributed by atoms with Crippen molar-refractivity contribution in [3.05, 3.63) is 63.5 Å². The van der Waals surface area contributed by atoms with E-state index in [-0.39, 0.29) is 23.3 Å². The monoisotopic (exact) mass is 507 g/mol. The second-order valence-electron chi connectivity index (χ2n) is 8.22. The third kappa shape index (κ3) is 4.03. The van der Waals surface area contributed by atoms with Gasteiger partial charge in [0.2, 0.25) is 0 Å². The molecule has 0 radical (unpaired) electrons. The Bertz CT molecular complexity index is 1280. The van der Waals surface area contributed by atoms with Crippen LogP contribution >= 0.6 is 15.9 Å². The smallest absolute Gasteiger partial charge is 0.304 e. The summed E-state index contributed by atoms with van der Waals surface area (Å²) in [4.78, 5) is 11.5. The van der Waals surface area contributed by atoms with Crippen LogP contribution in [0.2, 0.25) is 0 Å². The second kappa shape index (κ2) is 8.06. The first-order valence-electron chi connectivity index (χ1n) is 10.1. The molecule has 3 aromatic rings. The lowest BCUT2D eigenvalue weighted by Gasteiger charge is -2.28. The Kier molecular flexibility index (Phi) is 5.72. The first kappa shape index (κ1) is 22.0. The largest absolute Gasteiger partial charge is 0.481 e. The summed E-state index contributed by atoms with van der Waals surface area (Å²) in [6, 6.07) is 9.92. The van der Waals surface area contributed by atoms with Crippen molar-refractivity contribution in [3.63, 3.8) is 0 Å². The molecular formula is C23H23BrFNO4S. The lowest BCUT2D eigenvalue weighted by molar-refractivity contribution is -0.137. The van der Waals surface area contributed by atoms with Crippen LogP contribution in [0.3, 0.4) is 0 Å². The zero-order chi connectivity index (χ0) is 22.5. The van der Waals surface area contributed by atoms with E-state index in [0.29, 0.717) is 23.7 Å². The third-order valence-electron chi connectivity index (χ3n) is 6.10. The third-order valence-corrected chi connectivity index (χ3v) is 7.74. The Morgan fingerprint density at radius 1 is 1.29 bits per heavy atom. The highest BCUT2D eigenvalue weighted by atomic mass is 79.9. The van der Waals surface area contributed by atoms with Crippen molar-refractivity contribution < 1.29 is 22.7 Å². The molecule has 2 atom stereocenters. The minimum atomic E-state index is -3.72. The predicted molar refractivity (Wildman–Crippen MR) is 121 cm³/mol. The number of aromatic nitrogens is 1. The number of carboxylic acid groups (broad SMARTS) is 1. The Labute approximate surface area is 188 Å². The summed E-state index contributed by atoms with van der Waals surface area (Å²) in [7, 11) is -3.72. The zero-order valence-electron chi connectivity index (χ0n) is 17.2. The Morgan fingerprint density at radius 3 is 2.58 bits per heavy atom. The van der Waals surface area contributed by atoms with Crippen LogP contribution in [0.5, 0.6) is 0 Å². The van der Waals surface area contributed by atoms with Crippen molar-refractivity contribution >= 4 is 42.6 Å². The fourth-order valence-corrected chi connectivity index (χ4v) is 5.96. The van der Waals surface area contributed by atoms with Crippen LogP contribution in [0.15, 0.2) is 45.8 Å². The van der Waals surface area contributed by atoms with Crippen molar-refractivity contribution in [2.45, 2.75) is 49.5 Å². The van der Waals surface area contributed by atoms with E-state index in [9.17, 15) is 22.7 Å². The number of nitrogens with zero attached hydrogens (tertiary/aromatic N) is 1. The maximum atomic E-state index is 14.5. The summed E-state index contributed by atoms with van der Waals surface area (Å²) in [6.45, 7) is 1.96. The topological polar surface area (TPSA) is 76.4 Å². The number of hydrogen-bond acceptors (Lipinski definition) is 3. The highest BCUT2D eigenvalue weighted by molar-refractivity contribution is 9.10. The molecule has 1 aliphatic carbocycles. The molecule has 1 aliphatic rings. The molecule has 0 saturated heterocycles. The number of aliphatic carboxylic acids is 1. The number of carbonyl (C=O) groups is 1. The summed E-state index contributed by atoms with van der Waals surface area (Å²) < 4.78 is 42.7. The molecule has 0 spiro atoms. The van der Waals surface area contributed by atoms with Crippen LogP contribution in [0.4, 0.5) is 4.39 Å². The van der Waals surface area contributed by atoms with Crippen molar-refractivity contribution in [3.8, 4) is 0 Å². The second-order valence-corrected chi connectivity index (χ2v) is 11.1. The molecule has 1 N–H and O–H groups in total. The molecule has 8 heteroatoms. The number of fused-ring (bicyclic) bond motifs is 3. The van der Waals surface area contributed by atoms with Gasteiger partial charge in [-0.3, -0.25) is 4.79 Å². The van der Waals surface area contributed by atoms with Crippen molar-refractivity contribution in [2.75, 3.05) is 6.26 Å². The fraction of sp³-hybridized carbons (Fsp3) is 0.348. The lowest BCUT2D eigenvalue weighted by Crippen LogP contribution is -2.20. The lowest BCUT2D eigenvalue weighted by atomic mass is 9.84. The Hall–Kier alpha value is -2.19. The SMILES string of the molecule is C[C@@H](c1ccc(Br)cc1)n1c2c(c3cc(F)cc(S(C)(=O)=O)c31)CCCC2CC(=O)O. The normalized spacial score (nSPS) is 17.5. The van der Waals surface area contributed by atoms with Gasteiger partial charge in [-0.2, -0.15) is 0 Å². The molecule has 4 rings (SSSR count). The van der Waals surface area contributed by atoms with Gasteiger partial charge in [-0.15, -0.1) is 0 Å². The maximum absolute atomic E-state index is 14.5. The highest BCUT2D eigenvalue weighted by Gasteiger charge is 2.33. The molecule has 164 valence electrons. The van der Waals surface area contributed by atoms with Crippen LogP contribution in [0.25, 0.3) is 10.9 Å². The average molecular weight is 508 g/mol. The van der Waals surface area contributed by atoms with Gasteiger partial charge in [-0.25, -0.2) is 12.8 Å². The summed E-state index contributed by atoms with van der Waals surface area (Å²) in [6.07, 6.45) is 3.17. The van der Waals surface area contributed by atoms with Gasteiger partial charge >= 0.3 is 5.97 Å². The number of aryl methyl sites for hydroxylation is 1. The van der Waals surface area contributed by atoms with E-state index in [1.807, 2.05) is 35.8 Å². The summed E-state index contributed by atoms with van der Waals surface area (Å²) in [5.41, 5.74) is 3.09. The van der Waals surface area contributed by atoms with Gasteiger partial charge in [0, 0.05) is 27.7 Å². The Balaban J connectivity index is 2.10. The molecule has 1 unspecified atom stereocenters. The fourth-order valence-electron chi connectivity index (χ4n) is 4.81. The molecular weight excluding hydrogens is 485 g/mol. The van der Waals surface area contributed by atoms with Crippen molar-refractivity contribution in [1.29, 1.82) is 0 Å². The summed E-state index contributed by atoms with van der Waals surface area (Å²) in [5, 5.41) is 10.1. The van der Waals surface area contributed by atoms with Gasteiger partial charge in [-0.1, -0.05) is 28.1 Å². The summed E-state index contributed by atoms with van der Waals surface area (Å²) in [5.74, 6) is -1.77. The van der Waals surface area contributed by atoms with Gasteiger partial charge < -0.3 is 9.67 Å². The molecule has 2 aromatic carbocycles. The quantitative estimate of drug-likeness (QED) is 0.498. The standard InChI is InChI=1S/C23H23BrFNO4S/c1-13(14-6-8-16(24)9-7-14)26-22-15(10-21(27)28)4-3-5-18(22)19-11-17(25)12-20(23(19)26)31(2,29)30/h6-9,11-13,15H,3-5,10H2,1-2H3,(H,27,28)/t13-,15?/m0/s1. The minimum Gasteiger partial charge on any atom is -0.481 e. The van der Waals surface area contributed by atoms with Gasteiger partial charge in [0.05, 0.1) is 22.9 Å². The highest BCUT2D eigenvalue weighted by Crippen LogP contribution is 2.44. The molecule has 1 aromatic heterocycles. The number of rotatable bonds is 5.